The SMILES string of the molecule is Cc1ccc2nc(SCC(=O)NCCN3C(=O)SC(=Cc4ccc5c(c4)OCO5)C3=O)[nH]c2c1. The summed E-state index contributed by atoms with van der Waals surface area (Å²) < 4.78 is 10.6. The molecule has 5 rings (SSSR count). The number of hydrogen-bond acceptors (Lipinski definition) is 8. The first kappa shape index (κ1) is 22.4. The number of hydrogen-bond donors (Lipinski definition) is 2. The monoisotopic (exact) mass is 496 g/mol. The van der Waals surface area contributed by atoms with Crippen LogP contribution >= 0.6 is 23.5 Å². The molecule has 0 spiro atoms. The van der Waals surface area contributed by atoms with Crippen molar-refractivity contribution in [1.29, 1.82) is 0 Å². The van der Waals surface area contributed by atoms with Gasteiger partial charge in [0, 0.05) is 13.1 Å². The zero-order valence-corrected chi connectivity index (χ0v) is 19.8. The molecule has 174 valence electrons. The number of benzene rings is 2. The molecule has 11 heteroatoms. The molecule has 0 unspecified atom stereocenters. The first-order valence-corrected chi connectivity index (χ1v) is 12.3. The molecule has 0 aliphatic carbocycles. The predicted molar refractivity (Wildman–Crippen MR) is 130 cm³/mol. The number of carbonyl (C=O) groups excluding carboxylic acids is 3. The minimum absolute atomic E-state index is 0.101. The van der Waals surface area contributed by atoms with Crippen LogP contribution in [-0.2, 0) is 9.59 Å². The second-order valence-corrected chi connectivity index (χ2v) is 9.60. The molecule has 0 atom stereocenters. The lowest BCUT2D eigenvalue weighted by molar-refractivity contribution is -0.123. The van der Waals surface area contributed by atoms with E-state index in [2.05, 4.69) is 15.3 Å². The fourth-order valence-corrected chi connectivity index (χ4v) is 5.09. The Morgan fingerprint density at radius 2 is 2.09 bits per heavy atom. The number of aromatic amines is 1. The third-order valence-electron chi connectivity index (χ3n) is 5.18. The molecule has 2 aromatic carbocycles. The van der Waals surface area contributed by atoms with Gasteiger partial charge in [-0.25, -0.2) is 4.98 Å². The summed E-state index contributed by atoms with van der Waals surface area (Å²) >= 11 is 2.17. The quantitative estimate of drug-likeness (QED) is 0.377. The Hall–Kier alpha value is -3.44. The highest BCUT2D eigenvalue weighted by molar-refractivity contribution is 8.18. The molecule has 9 nitrogen and oxygen atoms in total. The highest BCUT2D eigenvalue weighted by atomic mass is 32.2. The average molecular weight is 497 g/mol. The van der Waals surface area contributed by atoms with Crippen LogP contribution in [0, 0.1) is 6.92 Å². The lowest BCUT2D eigenvalue weighted by atomic mass is 10.2. The molecule has 0 radical (unpaired) electrons. The van der Waals surface area contributed by atoms with Crippen LogP contribution in [0.1, 0.15) is 11.1 Å². The topological polar surface area (TPSA) is 114 Å². The fraction of sp³-hybridized carbons (Fsp3) is 0.217. The third-order valence-corrected chi connectivity index (χ3v) is 6.96. The van der Waals surface area contributed by atoms with Crippen LogP contribution < -0.4 is 14.8 Å². The molecule has 3 heterocycles. The predicted octanol–water partition coefficient (Wildman–Crippen LogP) is 3.54. The Labute approximate surface area is 203 Å². The van der Waals surface area contributed by atoms with E-state index in [4.69, 9.17) is 9.47 Å². The number of aromatic nitrogens is 2. The van der Waals surface area contributed by atoms with Crippen molar-refractivity contribution in [3.8, 4) is 11.5 Å². The van der Waals surface area contributed by atoms with E-state index in [0.29, 0.717) is 21.6 Å². The van der Waals surface area contributed by atoms with Gasteiger partial charge in [0.25, 0.3) is 11.1 Å². The van der Waals surface area contributed by atoms with E-state index in [9.17, 15) is 14.4 Å². The maximum absolute atomic E-state index is 12.7. The van der Waals surface area contributed by atoms with Crippen molar-refractivity contribution in [1.82, 2.24) is 20.2 Å². The highest BCUT2D eigenvalue weighted by Crippen LogP contribution is 2.36. The Bertz CT molecular complexity index is 1340. The van der Waals surface area contributed by atoms with Crippen LogP contribution in [0.4, 0.5) is 4.79 Å². The molecule has 2 aliphatic heterocycles. The van der Waals surface area contributed by atoms with Gasteiger partial charge in [-0.05, 0) is 60.2 Å². The third kappa shape index (κ3) is 4.75. The van der Waals surface area contributed by atoms with E-state index in [1.54, 1.807) is 24.3 Å². The van der Waals surface area contributed by atoms with Crippen molar-refractivity contribution in [2.45, 2.75) is 12.1 Å². The molecule has 0 saturated carbocycles. The van der Waals surface area contributed by atoms with Crippen LogP contribution in [0.3, 0.4) is 0 Å². The number of ether oxygens (including phenoxy) is 2. The molecule has 3 amide bonds. The summed E-state index contributed by atoms with van der Waals surface area (Å²) in [6.45, 7) is 2.44. The molecule has 2 N–H and O–H groups in total. The molecule has 2 aliphatic rings. The molecule has 3 aromatic rings. The first-order valence-electron chi connectivity index (χ1n) is 10.5. The Morgan fingerprint density at radius 1 is 1.24 bits per heavy atom. The smallest absolute Gasteiger partial charge is 0.293 e. The number of carbonyl (C=O) groups is 3. The van der Waals surface area contributed by atoms with Crippen LogP contribution in [-0.4, -0.2) is 57.6 Å². The Balaban J connectivity index is 1.11. The standard InChI is InChI=1S/C23H20N4O5S2/c1-13-2-4-15-16(8-13)26-22(25-15)33-11-20(28)24-6-7-27-21(29)19(34-23(27)30)10-14-3-5-17-18(9-14)32-12-31-17/h2-5,8-10H,6-7,11-12H2,1H3,(H,24,28)(H,25,26). The normalized spacial score (nSPS) is 16.1. The molecule has 1 saturated heterocycles. The summed E-state index contributed by atoms with van der Waals surface area (Å²) in [6.07, 6.45) is 1.65. The number of nitrogens with one attached hydrogen (secondary N) is 2. The van der Waals surface area contributed by atoms with Gasteiger partial charge in [-0.3, -0.25) is 19.3 Å². The molecule has 34 heavy (non-hydrogen) atoms. The van der Waals surface area contributed by atoms with Crippen molar-refractivity contribution < 1.29 is 23.9 Å². The van der Waals surface area contributed by atoms with Crippen LogP contribution in [0.5, 0.6) is 11.5 Å². The van der Waals surface area contributed by atoms with Crippen molar-refractivity contribution in [2.24, 2.45) is 0 Å². The summed E-state index contributed by atoms with van der Waals surface area (Å²) in [5.74, 6) is 0.837. The van der Waals surface area contributed by atoms with Crippen molar-refractivity contribution >= 4 is 57.7 Å². The second-order valence-electron chi connectivity index (χ2n) is 7.65. The fourth-order valence-electron chi connectivity index (χ4n) is 3.51. The second kappa shape index (κ2) is 9.43. The van der Waals surface area contributed by atoms with Gasteiger partial charge < -0.3 is 19.8 Å². The summed E-state index contributed by atoms with van der Waals surface area (Å²) in [4.78, 5) is 46.3. The number of H-pyrrole nitrogens is 1. The van der Waals surface area contributed by atoms with E-state index in [1.807, 2.05) is 25.1 Å². The summed E-state index contributed by atoms with van der Waals surface area (Å²) in [5, 5.41) is 3.05. The maximum atomic E-state index is 12.7. The van der Waals surface area contributed by atoms with E-state index >= 15 is 0 Å². The number of aryl methyl sites for hydroxylation is 1. The van der Waals surface area contributed by atoms with Crippen molar-refractivity contribution in [2.75, 3.05) is 25.6 Å². The maximum Gasteiger partial charge on any atom is 0.293 e. The highest BCUT2D eigenvalue weighted by Gasteiger charge is 2.34. The number of nitrogens with zero attached hydrogens (tertiary/aromatic N) is 2. The van der Waals surface area contributed by atoms with Gasteiger partial charge >= 0.3 is 0 Å². The molecule has 1 fully saturated rings. The van der Waals surface area contributed by atoms with Crippen molar-refractivity contribution in [3.63, 3.8) is 0 Å². The van der Waals surface area contributed by atoms with Gasteiger partial charge in [0.1, 0.15) is 0 Å². The van der Waals surface area contributed by atoms with Crippen LogP contribution in [0.15, 0.2) is 46.5 Å². The van der Waals surface area contributed by atoms with Crippen LogP contribution in [0.25, 0.3) is 17.1 Å². The number of rotatable bonds is 7. The van der Waals surface area contributed by atoms with E-state index in [1.165, 1.54) is 11.8 Å². The van der Waals surface area contributed by atoms with E-state index in [0.717, 1.165) is 38.8 Å². The molecular weight excluding hydrogens is 476 g/mol. The van der Waals surface area contributed by atoms with Gasteiger partial charge in [-0.2, -0.15) is 0 Å². The lowest BCUT2D eigenvalue weighted by Gasteiger charge is -2.12. The Kier molecular flexibility index (Phi) is 6.20. The number of imidazole rings is 1. The minimum Gasteiger partial charge on any atom is -0.454 e. The number of thioether (sulfide) groups is 2. The average Bonchev–Trinajstić information content (AvgIpc) is 3.51. The number of fused-ring (bicyclic) bond motifs is 2. The van der Waals surface area contributed by atoms with Gasteiger partial charge in [-0.15, -0.1) is 0 Å². The number of imide groups is 1. The molecular formula is C23H20N4O5S2. The lowest BCUT2D eigenvalue weighted by Crippen LogP contribution is -2.37. The molecule has 1 aromatic heterocycles. The van der Waals surface area contributed by atoms with Gasteiger partial charge in [0.05, 0.1) is 21.7 Å². The largest absolute Gasteiger partial charge is 0.454 e. The first-order chi connectivity index (χ1) is 16.5. The van der Waals surface area contributed by atoms with Gasteiger partial charge in [0.15, 0.2) is 16.7 Å². The summed E-state index contributed by atoms with van der Waals surface area (Å²) in [6, 6.07) is 11.2. The zero-order chi connectivity index (χ0) is 23.7. The summed E-state index contributed by atoms with van der Waals surface area (Å²) in [5.41, 5.74) is 3.64. The van der Waals surface area contributed by atoms with Gasteiger partial charge in [-0.1, -0.05) is 23.9 Å². The van der Waals surface area contributed by atoms with Crippen LogP contribution in [0.2, 0.25) is 0 Å². The van der Waals surface area contributed by atoms with Crippen molar-refractivity contribution in [3.05, 3.63) is 52.4 Å². The summed E-state index contributed by atoms with van der Waals surface area (Å²) in [7, 11) is 0. The molecule has 0 bridgehead atoms. The van der Waals surface area contributed by atoms with E-state index < -0.39 is 0 Å². The number of amides is 3. The van der Waals surface area contributed by atoms with Gasteiger partial charge in [0.2, 0.25) is 12.7 Å². The van der Waals surface area contributed by atoms with E-state index in [-0.39, 0.29) is 42.7 Å². The Morgan fingerprint density at radius 3 is 2.97 bits per heavy atom. The zero-order valence-electron chi connectivity index (χ0n) is 18.1. The minimum atomic E-state index is -0.381.